The van der Waals surface area contributed by atoms with Gasteiger partial charge in [0.2, 0.25) is 0 Å². The van der Waals surface area contributed by atoms with Gasteiger partial charge in [0.25, 0.3) is 0 Å². The molecule has 0 unspecified atom stereocenters. The normalized spacial score (nSPS) is 14.1. The van der Waals surface area contributed by atoms with Crippen molar-refractivity contribution in [1.29, 1.82) is 5.26 Å². The fraction of sp³-hybridized carbons (Fsp3) is 0.190. The van der Waals surface area contributed by atoms with Crippen LogP contribution in [0.25, 0.3) is 16.7 Å². The lowest BCUT2D eigenvalue weighted by molar-refractivity contribution is 0.647. The van der Waals surface area contributed by atoms with Gasteiger partial charge in [0, 0.05) is 50.2 Å². The van der Waals surface area contributed by atoms with Gasteiger partial charge in [-0.15, -0.1) is 0 Å². The molecule has 0 aliphatic carbocycles. The van der Waals surface area contributed by atoms with Crippen LogP contribution in [0.1, 0.15) is 5.56 Å². The van der Waals surface area contributed by atoms with Gasteiger partial charge in [-0.1, -0.05) is 18.2 Å². The average Bonchev–Trinajstić information content (AvgIpc) is 3.33. The summed E-state index contributed by atoms with van der Waals surface area (Å²) in [4.78, 5) is 17.5. The standard InChI is InChI=1S/C21H19N9/c22-12-15-13-24-17-5-2-1-4-16(17)19(15)28-8-10-29(11-9-28)20-18(23)21(26-14-25-20)30-7-3-6-27-30/h1-7,13-14H,8-11,23H2. The van der Waals surface area contributed by atoms with E-state index in [0.29, 0.717) is 22.9 Å². The molecule has 1 aliphatic heterocycles. The van der Waals surface area contributed by atoms with Crippen molar-refractivity contribution in [3.8, 4) is 11.9 Å². The lowest BCUT2D eigenvalue weighted by Gasteiger charge is -2.37. The second-order valence-corrected chi connectivity index (χ2v) is 7.01. The maximum absolute atomic E-state index is 9.63. The van der Waals surface area contributed by atoms with Crippen molar-refractivity contribution in [3.05, 3.63) is 60.8 Å². The summed E-state index contributed by atoms with van der Waals surface area (Å²) in [5, 5.41) is 14.8. The summed E-state index contributed by atoms with van der Waals surface area (Å²) in [5.41, 5.74) is 9.30. The zero-order chi connectivity index (χ0) is 20.5. The molecule has 0 radical (unpaired) electrons. The van der Waals surface area contributed by atoms with Gasteiger partial charge in [0.1, 0.15) is 18.1 Å². The Balaban J connectivity index is 1.43. The van der Waals surface area contributed by atoms with Crippen LogP contribution < -0.4 is 15.5 Å². The lowest BCUT2D eigenvalue weighted by atomic mass is 10.1. The first-order chi connectivity index (χ1) is 14.8. The minimum absolute atomic E-state index is 0.502. The summed E-state index contributed by atoms with van der Waals surface area (Å²) in [6, 6.07) is 12.0. The molecule has 9 nitrogen and oxygen atoms in total. The van der Waals surface area contributed by atoms with Crippen molar-refractivity contribution in [3.63, 3.8) is 0 Å². The quantitative estimate of drug-likeness (QED) is 0.558. The van der Waals surface area contributed by atoms with Crippen LogP contribution in [-0.2, 0) is 0 Å². The smallest absolute Gasteiger partial charge is 0.181 e. The van der Waals surface area contributed by atoms with Crippen LogP contribution in [0.5, 0.6) is 0 Å². The van der Waals surface area contributed by atoms with E-state index >= 15 is 0 Å². The largest absolute Gasteiger partial charge is 0.393 e. The first-order valence-electron chi connectivity index (χ1n) is 9.64. The Bertz CT molecular complexity index is 1240. The summed E-state index contributed by atoms with van der Waals surface area (Å²) in [6.45, 7) is 2.93. The Labute approximate surface area is 173 Å². The highest BCUT2D eigenvalue weighted by Gasteiger charge is 2.24. The zero-order valence-electron chi connectivity index (χ0n) is 16.2. The van der Waals surface area contributed by atoms with Crippen LogP contribution >= 0.6 is 0 Å². The van der Waals surface area contributed by atoms with Crippen LogP contribution in [-0.4, -0.2) is 50.9 Å². The minimum atomic E-state index is 0.502. The van der Waals surface area contributed by atoms with Crippen LogP contribution in [0.3, 0.4) is 0 Å². The monoisotopic (exact) mass is 397 g/mol. The first-order valence-corrected chi connectivity index (χ1v) is 9.64. The molecular weight excluding hydrogens is 378 g/mol. The molecule has 1 fully saturated rings. The van der Waals surface area contributed by atoms with E-state index in [2.05, 4.69) is 35.9 Å². The number of nitriles is 1. The Hall–Kier alpha value is -4.19. The highest BCUT2D eigenvalue weighted by atomic mass is 15.3. The number of aromatic nitrogens is 5. The number of nitrogens with two attached hydrogens (primary N) is 1. The fourth-order valence-corrected chi connectivity index (χ4v) is 3.90. The van der Waals surface area contributed by atoms with Gasteiger partial charge in [-0.2, -0.15) is 10.4 Å². The van der Waals surface area contributed by atoms with Gasteiger partial charge in [-0.3, -0.25) is 4.98 Å². The molecule has 0 atom stereocenters. The summed E-state index contributed by atoms with van der Waals surface area (Å²) in [5.74, 6) is 1.27. The van der Waals surface area contributed by atoms with E-state index in [0.717, 1.165) is 42.8 Å². The Morgan fingerprint density at radius 2 is 1.70 bits per heavy atom. The molecule has 1 aromatic carbocycles. The Morgan fingerprint density at radius 3 is 2.47 bits per heavy atom. The number of anilines is 3. The van der Waals surface area contributed by atoms with Crippen molar-refractivity contribution < 1.29 is 0 Å². The Kier molecular flexibility index (Phi) is 4.37. The van der Waals surface area contributed by atoms with Crippen molar-refractivity contribution in [2.75, 3.05) is 41.7 Å². The summed E-state index contributed by atoms with van der Waals surface area (Å²) in [7, 11) is 0. The predicted molar refractivity (Wildman–Crippen MR) is 114 cm³/mol. The number of pyridine rings is 1. The molecule has 148 valence electrons. The molecule has 0 saturated carbocycles. The van der Waals surface area contributed by atoms with E-state index in [1.807, 2.05) is 30.3 Å². The van der Waals surface area contributed by atoms with E-state index in [1.165, 1.54) is 6.33 Å². The molecule has 3 aromatic heterocycles. The molecule has 0 bridgehead atoms. The van der Waals surface area contributed by atoms with Crippen LogP contribution in [0.2, 0.25) is 0 Å². The topological polar surface area (TPSA) is 113 Å². The summed E-state index contributed by atoms with van der Waals surface area (Å²) in [6.07, 6.45) is 6.66. The molecule has 0 amide bonds. The number of para-hydroxylation sites is 1. The number of hydrogen-bond donors (Lipinski definition) is 1. The number of fused-ring (bicyclic) bond motifs is 1. The number of benzene rings is 1. The number of nitrogens with zero attached hydrogens (tertiary/aromatic N) is 8. The van der Waals surface area contributed by atoms with Gasteiger partial charge >= 0.3 is 0 Å². The second-order valence-electron chi connectivity index (χ2n) is 7.01. The van der Waals surface area contributed by atoms with E-state index in [-0.39, 0.29) is 0 Å². The van der Waals surface area contributed by atoms with Gasteiger partial charge in [-0.05, 0) is 12.1 Å². The molecule has 1 saturated heterocycles. The summed E-state index contributed by atoms with van der Waals surface area (Å²) >= 11 is 0. The number of nitrogen functional groups attached to an aromatic ring is 1. The first kappa shape index (κ1) is 17.9. The third-order valence-corrected chi connectivity index (χ3v) is 5.33. The summed E-state index contributed by atoms with van der Waals surface area (Å²) < 4.78 is 1.64. The van der Waals surface area contributed by atoms with Crippen molar-refractivity contribution >= 4 is 28.1 Å². The molecule has 2 N–H and O–H groups in total. The predicted octanol–water partition coefficient (Wildman–Crippen LogP) is 1.99. The van der Waals surface area contributed by atoms with Crippen molar-refractivity contribution in [1.82, 2.24) is 24.7 Å². The number of rotatable bonds is 3. The number of piperazine rings is 1. The lowest BCUT2D eigenvalue weighted by Crippen LogP contribution is -2.47. The molecule has 4 aromatic rings. The van der Waals surface area contributed by atoms with Crippen LogP contribution in [0, 0.1) is 11.3 Å². The third kappa shape index (κ3) is 2.95. The van der Waals surface area contributed by atoms with Crippen LogP contribution in [0.15, 0.2) is 55.2 Å². The van der Waals surface area contributed by atoms with Gasteiger partial charge in [0.15, 0.2) is 11.6 Å². The van der Waals surface area contributed by atoms with Crippen molar-refractivity contribution in [2.24, 2.45) is 0 Å². The molecule has 4 heterocycles. The third-order valence-electron chi connectivity index (χ3n) is 5.33. The van der Waals surface area contributed by atoms with Gasteiger partial charge in [-0.25, -0.2) is 14.6 Å². The maximum atomic E-state index is 9.63. The molecule has 1 aliphatic rings. The van der Waals surface area contributed by atoms with Crippen LogP contribution in [0.4, 0.5) is 17.2 Å². The van der Waals surface area contributed by atoms with E-state index < -0.39 is 0 Å². The highest BCUT2D eigenvalue weighted by molar-refractivity contribution is 5.94. The van der Waals surface area contributed by atoms with E-state index in [1.54, 1.807) is 23.3 Å². The SMILES string of the molecule is N#Cc1cnc2ccccc2c1N1CCN(c2ncnc(-n3cccn3)c2N)CC1. The average molecular weight is 397 g/mol. The Morgan fingerprint density at radius 1 is 0.933 bits per heavy atom. The molecule has 30 heavy (non-hydrogen) atoms. The van der Waals surface area contributed by atoms with Crippen molar-refractivity contribution in [2.45, 2.75) is 0 Å². The fourth-order valence-electron chi connectivity index (χ4n) is 3.90. The number of hydrogen-bond acceptors (Lipinski definition) is 8. The second kappa shape index (κ2) is 7.33. The minimum Gasteiger partial charge on any atom is -0.393 e. The van der Waals surface area contributed by atoms with Gasteiger partial charge < -0.3 is 15.5 Å². The molecule has 0 spiro atoms. The van der Waals surface area contributed by atoms with Gasteiger partial charge in [0.05, 0.1) is 16.8 Å². The molecular formula is C21H19N9. The molecule has 5 rings (SSSR count). The zero-order valence-corrected chi connectivity index (χ0v) is 16.2. The maximum Gasteiger partial charge on any atom is 0.181 e. The van der Waals surface area contributed by atoms with E-state index in [4.69, 9.17) is 5.73 Å². The van der Waals surface area contributed by atoms with E-state index in [9.17, 15) is 5.26 Å². The highest BCUT2D eigenvalue weighted by Crippen LogP contribution is 2.31. The molecule has 9 heteroatoms.